The number of unbranched alkanes of at least 4 members (excludes halogenated alkanes) is 3. The Morgan fingerprint density at radius 2 is 1.65 bits per heavy atom. The molecule has 0 bridgehead atoms. The molecule has 0 spiro atoms. The third kappa shape index (κ3) is 10.7. The van der Waals surface area contributed by atoms with E-state index >= 15 is 0 Å². The van der Waals surface area contributed by atoms with Crippen molar-refractivity contribution in [2.24, 2.45) is 51.9 Å². The largest absolute Gasteiger partial charge is 0.505 e. The fourth-order valence-corrected chi connectivity index (χ4v) is 12.0. The summed E-state index contributed by atoms with van der Waals surface area (Å²) in [6.45, 7) is 9.18. The van der Waals surface area contributed by atoms with Crippen LogP contribution < -0.4 is 26.8 Å². The van der Waals surface area contributed by atoms with E-state index in [2.05, 4.69) is 38.3 Å². The van der Waals surface area contributed by atoms with Crippen molar-refractivity contribution in [3.8, 4) is 11.5 Å². The molecule has 60 heavy (non-hydrogen) atoms. The van der Waals surface area contributed by atoms with Gasteiger partial charge in [-0.3, -0.25) is 19.2 Å². The first kappa shape index (κ1) is 47.5. The van der Waals surface area contributed by atoms with Crippen molar-refractivity contribution in [1.29, 1.82) is 0 Å². The molecule has 1 aromatic rings. The molecule has 5 rings (SSSR count). The smallest absolute Gasteiger partial charge is 0.323 e. The average molecular weight is 845 g/mol. The number of aliphatic hydroxyl groups excluding tert-OH is 1. The van der Waals surface area contributed by atoms with Gasteiger partial charge < -0.3 is 56.4 Å². The molecule has 338 valence electrons. The summed E-state index contributed by atoms with van der Waals surface area (Å²) in [7, 11) is 1.32. The maximum atomic E-state index is 13.6. The highest BCUT2D eigenvalue weighted by Crippen LogP contribution is 2.69. The number of nitrogens with one attached hydrogen (secondary N) is 2. The number of benzene rings is 1. The predicted molar refractivity (Wildman–Crippen MR) is 225 cm³/mol. The van der Waals surface area contributed by atoms with E-state index in [0.29, 0.717) is 30.6 Å². The second-order valence-corrected chi connectivity index (χ2v) is 18.7. The maximum Gasteiger partial charge on any atom is 0.323 e. The molecule has 15 nitrogen and oxygen atoms in total. The highest BCUT2D eigenvalue weighted by molar-refractivity contribution is 6.02. The standard InChI is InChI=1S/C45H72N4O11/c1-6-7-8-9-16-45(4,56)36-13-10-29-28-24-35(31-23-27(50)14-17-43(31,2)30(28)15-18-44(29,36)3)60-42(55)32(46)25-37(51)48-19-20-58-21-22-59-26-38(52)49-33-11-12-34(57-5)39(40(33)53)41(47)54/h11-12,27-32,35-36,50,53,56H,6-10,13-26,46H2,1-5H3,(H2,47,54)(H,48,51)(H,49,52)/t27-,28-,29-,30-,31+,32+,35-,36-,43+,44-,45-/m0/s1. The number of carbonyl (C=O) groups excluding carboxylic acids is 4. The minimum absolute atomic E-state index is 0.00425. The summed E-state index contributed by atoms with van der Waals surface area (Å²) in [6, 6.07) is 1.61. The van der Waals surface area contributed by atoms with Gasteiger partial charge in [0.15, 0.2) is 5.75 Å². The Bertz CT molecular complexity index is 1660. The van der Waals surface area contributed by atoms with Crippen molar-refractivity contribution in [3.63, 3.8) is 0 Å². The molecule has 4 saturated carbocycles. The minimum atomic E-state index is -1.15. The molecule has 0 aliphatic heterocycles. The molecule has 4 aliphatic rings. The highest BCUT2D eigenvalue weighted by atomic mass is 16.5. The van der Waals surface area contributed by atoms with Gasteiger partial charge >= 0.3 is 5.97 Å². The van der Waals surface area contributed by atoms with Crippen molar-refractivity contribution >= 4 is 29.4 Å². The van der Waals surface area contributed by atoms with Crippen LogP contribution in [0, 0.1) is 40.4 Å². The number of aromatic hydroxyl groups is 1. The van der Waals surface area contributed by atoms with Gasteiger partial charge in [0.25, 0.3) is 5.91 Å². The van der Waals surface area contributed by atoms with E-state index in [1.165, 1.54) is 32.1 Å². The number of nitrogens with two attached hydrogens (primary N) is 2. The number of rotatable bonds is 21. The summed E-state index contributed by atoms with van der Waals surface area (Å²) >= 11 is 0. The Labute approximate surface area is 355 Å². The van der Waals surface area contributed by atoms with Crippen LogP contribution in [0.1, 0.15) is 128 Å². The lowest BCUT2D eigenvalue weighted by atomic mass is 9.43. The lowest BCUT2D eigenvalue weighted by Gasteiger charge is -2.63. The number of anilines is 1. The number of hydrogen-bond donors (Lipinski definition) is 7. The van der Waals surface area contributed by atoms with Gasteiger partial charge in [0.1, 0.15) is 30.1 Å². The van der Waals surface area contributed by atoms with Crippen LogP contribution in [-0.2, 0) is 28.6 Å². The first-order valence-corrected chi connectivity index (χ1v) is 22.2. The topological polar surface area (TPSA) is 242 Å². The maximum absolute atomic E-state index is 13.6. The average Bonchev–Trinajstić information content (AvgIpc) is 3.57. The second-order valence-electron chi connectivity index (χ2n) is 18.7. The molecule has 4 aliphatic carbocycles. The number of phenols is 1. The number of aliphatic hydroxyl groups is 2. The quantitative estimate of drug-likeness (QED) is 0.0512. The van der Waals surface area contributed by atoms with Gasteiger partial charge in [0.2, 0.25) is 11.8 Å². The van der Waals surface area contributed by atoms with E-state index in [4.69, 9.17) is 30.4 Å². The Hall–Kier alpha value is -3.50. The zero-order valence-electron chi connectivity index (χ0n) is 36.5. The fraction of sp³-hybridized carbons (Fsp3) is 0.778. The summed E-state index contributed by atoms with van der Waals surface area (Å²) in [5, 5.41) is 38.2. The Morgan fingerprint density at radius 3 is 2.37 bits per heavy atom. The second kappa shape index (κ2) is 20.6. The normalized spacial score (nSPS) is 31.1. The fourth-order valence-electron chi connectivity index (χ4n) is 12.0. The van der Waals surface area contributed by atoms with E-state index in [0.717, 1.165) is 57.8 Å². The lowest BCUT2D eigenvalue weighted by Crippen LogP contribution is -2.60. The summed E-state index contributed by atoms with van der Waals surface area (Å²) in [6.07, 6.45) is 11.4. The number of primary amides is 1. The van der Waals surface area contributed by atoms with Gasteiger partial charge in [0.05, 0.1) is 50.7 Å². The van der Waals surface area contributed by atoms with E-state index in [-0.39, 0.29) is 79.1 Å². The number of methoxy groups -OCH3 is 1. The van der Waals surface area contributed by atoms with Gasteiger partial charge in [-0.2, -0.15) is 0 Å². The summed E-state index contributed by atoms with van der Waals surface area (Å²) in [5.41, 5.74) is 10.5. The summed E-state index contributed by atoms with van der Waals surface area (Å²) in [5.74, 6) is -1.51. The predicted octanol–water partition coefficient (Wildman–Crippen LogP) is 4.57. The number of carbonyl (C=O) groups is 4. The number of esters is 1. The molecule has 0 saturated heterocycles. The first-order chi connectivity index (χ1) is 28.5. The molecule has 0 radical (unpaired) electrons. The van der Waals surface area contributed by atoms with Crippen LogP contribution in [-0.4, -0.2) is 103 Å². The molecule has 1 aromatic carbocycles. The van der Waals surface area contributed by atoms with E-state index in [9.17, 15) is 34.5 Å². The third-order valence-corrected chi connectivity index (χ3v) is 14.9. The molecule has 0 aromatic heterocycles. The molecule has 0 unspecified atom stereocenters. The van der Waals surface area contributed by atoms with Crippen LogP contribution in [0.15, 0.2) is 12.1 Å². The van der Waals surface area contributed by atoms with Crippen molar-refractivity contribution in [3.05, 3.63) is 17.7 Å². The first-order valence-electron chi connectivity index (χ1n) is 22.2. The minimum Gasteiger partial charge on any atom is -0.505 e. The zero-order chi connectivity index (χ0) is 43.8. The third-order valence-electron chi connectivity index (χ3n) is 14.9. The monoisotopic (exact) mass is 845 g/mol. The van der Waals surface area contributed by atoms with Crippen molar-refractivity contribution < 1.29 is 53.4 Å². The molecule has 9 N–H and O–H groups in total. The van der Waals surface area contributed by atoms with E-state index < -0.39 is 53.3 Å². The lowest BCUT2D eigenvalue weighted by molar-refractivity contribution is -0.198. The van der Waals surface area contributed by atoms with Crippen molar-refractivity contribution in [2.45, 2.75) is 141 Å². The molecular formula is C45H72N4O11. The molecule has 15 heteroatoms. The molecular weight excluding hydrogens is 773 g/mol. The molecule has 4 fully saturated rings. The summed E-state index contributed by atoms with van der Waals surface area (Å²) in [4.78, 5) is 50.3. The zero-order valence-corrected chi connectivity index (χ0v) is 36.5. The number of ether oxygens (including phenoxy) is 4. The summed E-state index contributed by atoms with van der Waals surface area (Å²) < 4.78 is 22.1. The van der Waals surface area contributed by atoms with E-state index in [1.807, 2.05) is 0 Å². The SMILES string of the molecule is CCCCCC[C@](C)(O)[C@H]1CC[C@H]2[C@@H]3C[C@H](OC(=O)[C@H](N)CC(=O)NCCOCCOCC(=O)Nc4ccc(OC)c(C(N)=O)c4O)[C@H]4C[C@@H](O)CC[C@]4(C)[C@H]3CC[C@@]21C. The van der Waals surface area contributed by atoms with Crippen LogP contribution in [0.3, 0.4) is 0 Å². The highest BCUT2D eigenvalue weighted by Gasteiger charge is 2.64. The number of hydrogen-bond acceptors (Lipinski definition) is 12. The molecule has 11 atom stereocenters. The van der Waals surface area contributed by atoms with Gasteiger partial charge in [-0.05, 0) is 111 Å². The Balaban J connectivity index is 1.06. The van der Waals surface area contributed by atoms with Crippen molar-refractivity contribution in [2.75, 3.05) is 45.4 Å². The van der Waals surface area contributed by atoms with Crippen molar-refractivity contribution in [1.82, 2.24) is 5.32 Å². The van der Waals surface area contributed by atoms with E-state index in [1.54, 1.807) is 0 Å². The molecule has 3 amide bonds. The van der Waals surface area contributed by atoms with Crippen LogP contribution in [0.4, 0.5) is 5.69 Å². The Kier molecular flexibility index (Phi) is 16.3. The van der Waals surface area contributed by atoms with Gasteiger partial charge in [-0.25, -0.2) is 0 Å². The van der Waals surface area contributed by atoms with Gasteiger partial charge in [-0.15, -0.1) is 0 Å². The van der Waals surface area contributed by atoms with Gasteiger partial charge in [0, 0.05) is 12.5 Å². The van der Waals surface area contributed by atoms with Crippen LogP contribution >= 0.6 is 0 Å². The Morgan fingerprint density at radius 1 is 0.933 bits per heavy atom. The van der Waals surface area contributed by atoms with Crippen LogP contribution in [0.2, 0.25) is 0 Å². The van der Waals surface area contributed by atoms with Gasteiger partial charge in [-0.1, -0.05) is 46.5 Å². The number of amides is 3. The molecule has 0 heterocycles. The van der Waals surface area contributed by atoms with Crippen LogP contribution in [0.5, 0.6) is 11.5 Å². The van der Waals surface area contributed by atoms with Crippen LogP contribution in [0.25, 0.3) is 0 Å². The number of fused-ring (bicyclic) bond motifs is 5.